The fourth-order valence-corrected chi connectivity index (χ4v) is 4.84. The molecular weight excluding hydrogens is 572 g/mol. The number of para-hydroxylation sites is 1. The van der Waals surface area contributed by atoms with Crippen molar-refractivity contribution >= 4 is 22.7 Å². The Labute approximate surface area is 245 Å². The van der Waals surface area contributed by atoms with Crippen LogP contribution in [-0.2, 0) is 30.1 Å². The standard InChI is InChI=1S/C32H31F6N3O2/c1-21(2)18-41(30(43)23-6-5-7-26(16-23)32(36,37)38)20-29(42)40(19-22-10-12-25(13-11-22)31(33,34)35)15-14-24-17-39-28-9-4-3-8-27(24)28/h3-13,16-17,21,39H,14-15,18-20H2,1-2H3. The molecule has 5 nitrogen and oxygen atoms in total. The van der Waals surface area contributed by atoms with E-state index in [2.05, 4.69) is 4.98 Å². The van der Waals surface area contributed by atoms with Crippen molar-refractivity contribution in [1.29, 1.82) is 0 Å². The van der Waals surface area contributed by atoms with Crippen LogP contribution in [0.2, 0.25) is 0 Å². The fraction of sp³-hybridized carbons (Fsp3) is 0.312. The van der Waals surface area contributed by atoms with Gasteiger partial charge in [-0.05, 0) is 59.9 Å². The number of benzene rings is 3. The highest BCUT2D eigenvalue weighted by atomic mass is 19.4. The minimum Gasteiger partial charge on any atom is -0.361 e. The molecule has 43 heavy (non-hydrogen) atoms. The van der Waals surface area contributed by atoms with Gasteiger partial charge in [-0.1, -0.05) is 50.2 Å². The van der Waals surface area contributed by atoms with Gasteiger partial charge in [0.25, 0.3) is 5.91 Å². The molecule has 1 heterocycles. The summed E-state index contributed by atoms with van der Waals surface area (Å²) >= 11 is 0. The predicted octanol–water partition coefficient (Wildman–Crippen LogP) is 7.58. The lowest BCUT2D eigenvalue weighted by Gasteiger charge is -2.29. The molecule has 0 unspecified atom stereocenters. The van der Waals surface area contributed by atoms with Gasteiger partial charge in [-0.2, -0.15) is 26.3 Å². The van der Waals surface area contributed by atoms with Gasteiger partial charge in [0, 0.05) is 42.3 Å². The summed E-state index contributed by atoms with van der Waals surface area (Å²) in [5.74, 6) is -1.31. The first kappa shape index (κ1) is 31.7. The molecule has 0 saturated heterocycles. The molecule has 0 atom stereocenters. The van der Waals surface area contributed by atoms with Crippen LogP contribution in [0, 0.1) is 5.92 Å². The maximum absolute atomic E-state index is 13.7. The first-order chi connectivity index (χ1) is 20.2. The summed E-state index contributed by atoms with van der Waals surface area (Å²) in [6, 6.07) is 16.1. The molecule has 2 amide bonds. The SMILES string of the molecule is CC(C)CN(CC(=O)N(CCc1c[nH]c2ccccc12)Cc1ccc(C(F)(F)F)cc1)C(=O)c1cccc(C(F)(F)F)c1. The minimum atomic E-state index is -4.64. The lowest BCUT2D eigenvalue weighted by molar-refractivity contribution is -0.138. The number of carbonyl (C=O) groups excluding carboxylic acids is 2. The second-order valence-corrected chi connectivity index (χ2v) is 10.8. The summed E-state index contributed by atoms with van der Waals surface area (Å²) < 4.78 is 79.2. The van der Waals surface area contributed by atoms with Crippen LogP contribution in [0.5, 0.6) is 0 Å². The molecular formula is C32H31F6N3O2. The molecule has 4 aromatic rings. The number of nitrogens with one attached hydrogen (secondary N) is 1. The van der Waals surface area contributed by atoms with E-state index < -0.39 is 41.8 Å². The maximum atomic E-state index is 13.7. The fourth-order valence-electron chi connectivity index (χ4n) is 4.84. The Kier molecular flexibility index (Phi) is 9.52. The number of alkyl halides is 6. The van der Waals surface area contributed by atoms with E-state index in [1.807, 2.05) is 44.3 Å². The molecule has 0 fully saturated rings. The largest absolute Gasteiger partial charge is 0.416 e. The molecule has 0 bridgehead atoms. The Hall–Kier alpha value is -4.28. The van der Waals surface area contributed by atoms with E-state index in [0.29, 0.717) is 12.0 Å². The number of hydrogen-bond acceptors (Lipinski definition) is 2. The number of carbonyl (C=O) groups is 2. The van der Waals surface area contributed by atoms with Crippen LogP contribution in [0.25, 0.3) is 10.9 Å². The van der Waals surface area contributed by atoms with Crippen LogP contribution in [0.3, 0.4) is 0 Å². The number of fused-ring (bicyclic) bond motifs is 1. The third-order valence-corrected chi connectivity index (χ3v) is 6.97. The molecule has 3 aromatic carbocycles. The average molecular weight is 604 g/mol. The highest BCUT2D eigenvalue weighted by Crippen LogP contribution is 2.31. The van der Waals surface area contributed by atoms with Crippen molar-refractivity contribution in [2.75, 3.05) is 19.6 Å². The van der Waals surface area contributed by atoms with Crippen molar-refractivity contribution in [3.05, 3.63) is 107 Å². The van der Waals surface area contributed by atoms with Crippen molar-refractivity contribution in [3.63, 3.8) is 0 Å². The molecule has 1 N–H and O–H groups in total. The molecule has 0 aliphatic rings. The minimum absolute atomic E-state index is 0.0212. The van der Waals surface area contributed by atoms with Crippen molar-refractivity contribution in [3.8, 4) is 0 Å². The number of rotatable bonds is 10. The number of halogens is 6. The zero-order valence-corrected chi connectivity index (χ0v) is 23.6. The topological polar surface area (TPSA) is 56.4 Å². The molecule has 1 aromatic heterocycles. The quantitative estimate of drug-likeness (QED) is 0.190. The monoisotopic (exact) mass is 603 g/mol. The Bertz CT molecular complexity index is 1560. The van der Waals surface area contributed by atoms with E-state index in [1.54, 1.807) is 0 Å². The molecule has 0 spiro atoms. The Balaban J connectivity index is 1.59. The van der Waals surface area contributed by atoms with E-state index in [-0.39, 0.29) is 31.1 Å². The summed E-state index contributed by atoms with van der Waals surface area (Å²) in [4.78, 5) is 32.9. The van der Waals surface area contributed by atoms with E-state index in [0.717, 1.165) is 46.8 Å². The second kappa shape index (κ2) is 12.9. The normalized spacial score (nSPS) is 12.1. The van der Waals surface area contributed by atoms with Crippen molar-refractivity contribution < 1.29 is 35.9 Å². The second-order valence-electron chi connectivity index (χ2n) is 10.8. The van der Waals surface area contributed by atoms with Gasteiger partial charge in [0.1, 0.15) is 6.54 Å². The van der Waals surface area contributed by atoms with E-state index in [1.165, 1.54) is 28.0 Å². The number of hydrogen-bond donors (Lipinski definition) is 1. The lowest BCUT2D eigenvalue weighted by Crippen LogP contribution is -2.44. The molecule has 228 valence electrons. The van der Waals surface area contributed by atoms with Crippen LogP contribution < -0.4 is 0 Å². The Morgan fingerprint density at radius 3 is 2.14 bits per heavy atom. The van der Waals surface area contributed by atoms with E-state index in [9.17, 15) is 35.9 Å². The highest BCUT2D eigenvalue weighted by Gasteiger charge is 2.32. The summed E-state index contributed by atoms with van der Waals surface area (Å²) in [6.07, 6.45) is -6.91. The summed E-state index contributed by atoms with van der Waals surface area (Å²) in [5.41, 5.74) is 0.309. The highest BCUT2D eigenvalue weighted by molar-refractivity contribution is 5.96. The molecule has 0 saturated carbocycles. The van der Waals surface area contributed by atoms with E-state index >= 15 is 0 Å². The van der Waals surface area contributed by atoms with Gasteiger partial charge in [0.15, 0.2) is 0 Å². The number of aromatic nitrogens is 1. The van der Waals surface area contributed by atoms with E-state index in [4.69, 9.17) is 0 Å². The van der Waals surface area contributed by atoms with Crippen LogP contribution in [0.1, 0.15) is 46.5 Å². The first-order valence-electron chi connectivity index (χ1n) is 13.7. The van der Waals surface area contributed by atoms with Gasteiger partial charge in [-0.25, -0.2) is 0 Å². The summed E-state index contributed by atoms with van der Waals surface area (Å²) in [6.45, 7) is 3.49. The third-order valence-electron chi connectivity index (χ3n) is 6.97. The Morgan fingerprint density at radius 2 is 1.49 bits per heavy atom. The predicted molar refractivity (Wildman–Crippen MR) is 151 cm³/mol. The lowest BCUT2D eigenvalue weighted by atomic mass is 10.1. The molecule has 0 radical (unpaired) electrons. The molecule has 0 aliphatic heterocycles. The zero-order chi connectivity index (χ0) is 31.4. The van der Waals surface area contributed by atoms with Gasteiger partial charge >= 0.3 is 12.4 Å². The van der Waals surface area contributed by atoms with Crippen molar-refractivity contribution in [1.82, 2.24) is 14.8 Å². The van der Waals surface area contributed by atoms with Crippen LogP contribution in [-0.4, -0.2) is 46.2 Å². The van der Waals surface area contributed by atoms with Crippen molar-refractivity contribution in [2.45, 2.75) is 39.2 Å². The third kappa shape index (κ3) is 8.18. The van der Waals surface area contributed by atoms with Crippen LogP contribution >= 0.6 is 0 Å². The van der Waals surface area contributed by atoms with Gasteiger partial charge < -0.3 is 14.8 Å². The van der Waals surface area contributed by atoms with Crippen LogP contribution in [0.15, 0.2) is 79.0 Å². The van der Waals surface area contributed by atoms with Gasteiger partial charge in [-0.15, -0.1) is 0 Å². The number of amides is 2. The number of H-pyrrole nitrogens is 1. The summed E-state index contributed by atoms with van der Waals surface area (Å²) in [5, 5.41) is 0.964. The number of nitrogens with zero attached hydrogens (tertiary/aromatic N) is 2. The van der Waals surface area contributed by atoms with Crippen LogP contribution in [0.4, 0.5) is 26.3 Å². The first-order valence-corrected chi connectivity index (χ1v) is 13.7. The van der Waals surface area contributed by atoms with Crippen molar-refractivity contribution in [2.24, 2.45) is 5.92 Å². The zero-order valence-electron chi connectivity index (χ0n) is 23.6. The van der Waals surface area contributed by atoms with Gasteiger partial charge in [0.05, 0.1) is 11.1 Å². The number of aromatic amines is 1. The molecule has 0 aliphatic carbocycles. The van der Waals surface area contributed by atoms with Gasteiger partial charge in [0.2, 0.25) is 5.91 Å². The summed E-state index contributed by atoms with van der Waals surface area (Å²) in [7, 11) is 0. The maximum Gasteiger partial charge on any atom is 0.416 e. The molecule has 11 heteroatoms. The van der Waals surface area contributed by atoms with Gasteiger partial charge in [-0.3, -0.25) is 9.59 Å². The molecule has 4 rings (SSSR count). The smallest absolute Gasteiger partial charge is 0.361 e. The average Bonchev–Trinajstić information content (AvgIpc) is 3.36. The Morgan fingerprint density at radius 1 is 0.814 bits per heavy atom.